The lowest BCUT2D eigenvalue weighted by Crippen LogP contribution is -2.43. The highest BCUT2D eigenvalue weighted by molar-refractivity contribution is 7.99. The first-order valence-corrected chi connectivity index (χ1v) is 12.3. The Morgan fingerprint density at radius 2 is 1.89 bits per heavy atom. The third-order valence-corrected chi connectivity index (χ3v) is 6.84. The SMILES string of the molecule is COc1cccc(Sc2ccc(N3CCCC(C(=O)NCc4ccc(OC)c(OC)c4)C3)nn2)c1. The molecule has 1 aliphatic heterocycles. The first kappa shape index (κ1) is 24.7. The zero-order chi connectivity index (χ0) is 24.6. The smallest absolute Gasteiger partial charge is 0.225 e. The van der Waals surface area contributed by atoms with Crippen molar-refractivity contribution in [1.29, 1.82) is 0 Å². The Morgan fingerprint density at radius 3 is 2.63 bits per heavy atom. The van der Waals surface area contributed by atoms with Gasteiger partial charge in [0.05, 0.1) is 27.2 Å². The van der Waals surface area contributed by atoms with Crippen LogP contribution in [-0.4, -0.2) is 50.5 Å². The van der Waals surface area contributed by atoms with Crippen LogP contribution >= 0.6 is 11.8 Å². The molecular weight excluding hydrogens is 464 g/mol. The highest BCUT2D eigenvalue weighted by Crippen LogP contribution is 2.30. The lowest BCUT2D eigenvalue weighted by atomic mass is 9.97. The lowest BCUT2D eigenvalue weighted by Gasteiger charge is -2.32. The second kappa shape index (κ2) is 11.8. The molecule has 1 fully saturated rings. The maximum atomic E-state index is 12.9. The second-order valence-corrected chi connectivity index (χ2v) is 9.30. The Bertz CT molecular complexity index is 1140. The number of benzene rings is 2. The maximum Gasteiger partial charge on any atom is 0.225 e. The van der Waals surface area contributed by atoms with Crippen LogP contribution in [0, 0.1) is 5.92 Å². The van der Waals surface area contributed by atoms with Crippen LogP contribution in [0.15, 0.2) is 64.5 Å². The van der Waals surface area contributed by atoms with Crippen molar-refractivity contribution >= 4 is 23.5 Å². The van der Waals surface area contributed by atoms with E-state index in [2.05, 4.69) is 20.4 Å². The number of rotatable bonds is 9. The van der Waals surface area contributed by atoms with E-state index in [0.717, 1.165) is 46.4 Å². The summed E-state index contributed by atoms with van der Waals surface area (Å²) >= 11 is 1.53. The summed E-state index contributed by atoms with van der Waals surface area (Å²) in [6.07, 6.45) is 1.78. The normalized spacial score (nSPS) is 15.4. The molecule has 1 N–H and O–H groups in total. The molecule has 2 aromatic carbocycles. The van der Waals surface area contributed by atoms with Gasteiger partial charge in [0.1, 0.15) is 10.8 Å². The van der Waals surface area contributed by atoms with Crippen LogP contribution in [-0.2, 0) is 11.3 Å². The summed E-state index contributed by atoms with van der Waals surface area (Å²) in [6, 6.07) is 17.4. The Labute approximate surface area is 210 Å². The molecular formula is C26H30N4O4S. The Kier molecular flexibility index (Phi) is 8.31. The summed E-state index contributed by atoms with van der Waals surface area (Å²) in [5.74, 6) is 2.86. The standard InChI is InChI=1S/C26H30N4O4S/c1-32-20-7-4-8-21(15-20)35-25-12-11-24(28-29-25)30-13-5-6-19(17-30)26(31)27-16-18-9-10-22(33-2)23(14-18)34-3/h4,7-12,14-15,19H,5-6,13,16-17H2,1-3H3,(H,27,31). The van der Waals surface area contributed by atoms with Gasteiger partial charge < -0.3 is 24.4 Å². The number of amides is 1. The molecule has 1 unspecified atom stereocenters. The topological polar surface area (TPSA) is 85.8 Å². The van der Waals surface area contributed by atoms with Crippen molar-refractivity contribution in [3.8, 4) is 17.2 Å². The average Bonchev–Trinajstić information content (AvgIpc) is 2.92. The Morgan fingerprint density at radius 1 is 1.03 bits per heavy atom. The van der Waals surface area contributed by atoms with E-state index in [-0.39, 0.29) is 11.8 Å². The van der Waals surface area contributed by atoms with E-state index in [0.29, 0.717) is 24.6 Å². The van der Waals surface area contributed by atoms with E-state index in [1.165, 1.54) is 11.8 Å². The maximum absolute atomic E-state index is 12.9. The quantitative estimate of drug-likeness (QED) is 0.474. The summed E-state index contributed by atoms with van der Waals surface area (Å²) in [4.78, 5) is 16.1. The van der Waals surface area contributed by atoms with Crippen molar-refractivity contribution < 1.29 is 19.0 Å². The van der Waals surface area contributed by atoms with Crippen LogP contribution in [0.2, 0.25) is 0 Å². The van der Waals surface area contributed by atoms with Gasteiger partial charge in [-0.3, -0.25) is 4.79 Å². The van der Waals surface area contributed by atoms with Crippen LogP contribution < -0.4 is 24.4 Å². The summed E-state index contributed by atoms with van der Waals surface area (Å²) in [5, 5.41) is 12.7. The average molecular weight is 495 g/mol. The van der Waals surface area contributed by atoms with Gasteiger partial charge >= 0.3 is 0 Å². The van der Waals surface area contributed by atoms with Crippen molar-refractivity contribution in [3.63, 3.8) is 0 Å². The lowest BCUT2D eigenvalue weighted by molar-refractivity contribution is -0.125. The molecule has 0 saturated carbocycles. The molecule has 1 aliphatic rings. The number of aromatic nitrogens is 2. The molecule has 1 atom stereocenters. The fraction of sp³-hybridized carbons (Fsp3) is 0.346. The first-order chi connectivity index (χ1) is 17.1. The summed E-state index contributed by atoms with van der Waals surface area (Å²) in [5.41, 5.74) is 0.957. The molecule has 1 aromatic heterocycles. The number of piperidine rings is 1. The van der Waals surface area contributed by atoms with E-state index < -0.39 is 0 Å². The minimum atomic E-state index is -0.100. The summed E-state index contributed by atoms with van der Waals surface area (Å²) in [7, 11) is 4.86. The van der Waals surface area contributed by atoms with E-state index in [9.17, 15) is 4.79 Å². The molecule has 8 nitrogen and oxygen atoms in total. The molecule has 2 heterocycles. The highest BCUT2D eigenvalue weighted by Gasteiger charge is 2.26. The molecule has 4 rings (SSSR count). The number of hydrogen-bond acceptors (Lipinski definition) is 8. The van der Waals surface area contributed by atoms with Crippen molar-refractivity contribution in [2.24, 2.45) is 5.92 Å². The van der Waals surface area contributed by atoms with Gasteiger partial charge in [-0.2, -0.15) is 0 Å². The summed E-state index contributed by atoms with van der Waals surface area (Å²) in [6.45, 7) is 1.91. The van der Waals surface area contributed by atoms with Gasteiger partial charge in [-0.1, -0.05) is 23.9 Å². The number of methoxy groups -OCH3 is 3. The monoisotopic (exact) mass is 494 g/mol. The van der Waals surface area contributed by atoms with Gasteiger partial charge in [-0.15, -0.1) is 10.2 Å². The van der Waals surface area contributed by atoms with E-state index in [1.54, 1.807) is 21.3 Å². The fourth-order valence-electron chi connectivity index (χ4n) is 4.04. The van der Waals surface area contributed by atoms with Gasteiger partial charge in [0.2, 0.25) is 5.91 Å². The van der Waals surface area contributed by atoms with Crippen LogP contribution in [0.3, 0.4) is 0 Å². The molecule has 1 amide bonds. The highest BCUT2D eigenvalue weighted by atomic mass is 32.2. The largest absolute Gasteiger partial charge is 0.497 e. The van der Waals surface area contributed by atoms with E-state index in [4.69, 9.17) is 14.2 Å². The fourth-order valence-corrected chi connectivity index (χ4v) is 4.83. The molecule has 0 aliphatic carbocycles. The number of anilines is 1. The van der Waals surface area contributed by atoms with Crippen LogP contribution in [0.4, 0.5) is 5.82 Å². The molecule has 0 radical (unpaired) electrons. The van der Waals surface area contributed by atoms with Gasteiger partial charge in [0.25, 0.3) is 0 Å². The molecule has 9 heteroatoms. The Hall–Kier alpha value is -3.46. The minimum Gasteiger partial charge on any atom is -0.497 e. The number of ether oxygens (including phenoxy) is 3. The number of nitrogens with one attached hydrogen (secondary N) is 1. The molecule has 1 saturated heterocycles. The van der Waals surface area contributed by atoms with Crippen LogP contribution in [0.25, 0.3) is 0 Å². The number of carbonyl (C=O) groups is 1. The van der Waals surface area contributed by atoms with Crippen molar-refractivity contribution in [2.75, 3.05) is 39.3 Å². The Balaban J connectivity index is 1.33. The first-order valence-electron chi connectivity index (χ1n) is 11.5. The zero-order valence-electron chi connectivity index (χ0n) is 20.2. The summed E-state index contributed by atoms with van der Waals surface area (Å²) < 4.78 is 15.9. The van der Waals surface area contributed by atoms with Gasteiger partial charge in [-0.25, -0.2) is 0 Å². The number of nitrogens with zero attached hydrogens (tertiary/aromatic N) is 3. The predicted molar refractivity (Wildman–Crippen MR) is 135 cm³/mol. The zero-order valence-corrected chi connectivity index (χ0v) is 21.0. The van der Waals surface area contributed by atoms with Crippen molar-refractivity contribution in [3.05, 3.63) is 60.2 Å². The molecule has 35 heavy (non-hydrogen) atoms. The minimum absolute atomic E-state index is 0.0441. The molecule has 3 aromatic rings. The number of hydrogen-bond donors (Lipinski definition) is 1. The van der Waals surface area contributed by atoms with E-state index >= 15 is 0 Å². The third kappa shape index (κ3) is 6.36. The number of carbonyl (C=O) groups excluding carboxylic acids is 1. The van der Waals surface area contributed by atoms with Crippen LogP contribution in [0.1, 0.15) is 18.4 Å². The van der Waals surface area contributed by atoms with Gasteiger partial charge in [-0.05, 0) is 60.9 Å². The molecule has 184 valence electrons. The van der Waals surface area contributed by atoms with E-state index in [1.807, 2.05) is 54.6 Å². The van der Waals surface area contributed by atoms with Crippen molar-refractivity contribution in [2.45, 2.75) is 29.3 Å². The van der Waals surface area contributed by atoms with Gasteiger partial charge in [0, 0.05) is 24.5 Å². The second-order valence-electron chi connectivity index (χ2n) is 8.20. The third-order valence-electron chi connectivity index (χ3n) is 5.92. The van der Waals surface area contributed by atoms with Crippen molar-refractivity contribution in [1.82, 2.24) is 15.5 Å². The molecule has 0 spiro atoms. The van der Waals surface area contributed by atoms with Gasteiger partial charge in [0.15, 0.2) is 17.3 Å². The predicted octanol–water partition coefficient (Wildman–Crippen LogP) is 4.19. The van der Waals surface area contributed by atoms with Crippen LogP contribution in [0.5, 0.6) is 17.2 Å². The molecule has 0 bridgehead atoms.